The molecule has 1 atom stereocenters. The molecule has 1 heterocycles. The second-order valence-electron chi connectivity index (χ2n) is 4.36. The molecule has 1 aromatic carbocycles. The summed E-state index contributed by atoms with van der Waals surface area (Å²) in [4.78, 5) is 11.7. The van der Waals surface area contributed by atoms with E-state index in [1.54, 1.807) is 0 Å². The lowest BCUT2D eigenvalue weighted by atomic mass is 10.1. The Bertz CT molecular complexity index is 496. The molecule has 0 fully saturated rings. The minimum atomic E-state index is -0.619. The van der Waals surface area contributed by atoms with Gasteiger partial charge in [0.05, 0.1) is 6.10 Å². The average Bonchev–Trinajstić information content (AvgIpc) is 2.98. The van der Waals surface area contributed by atoms with Crippen LogP contribution in [0.2, 0.25) is 0 Å². The van der Waals surface area contributed by atoms with Gasteiger partial charge in [0.15, 0.2) is 0 Å². The third-order valence-corrected chi connectivity index (χ3v) is 3.61. The summed E-state index contributed by atoms with van der Waals surface area (Å²) in [5.41, 5.74) is 2.00. The van der Waals surface area contributed by atoms with Gasteiger partial charge >= 0.3 is 0 Å². The van der Waals surface area contributed by atoms with Gasteiger partial charge in [0.25, 0.3) is 0 Å². The van der Waals surface area contributed by atoms with Gasteiger partial charge in [0.2, 0.25) is 5.91 Å². The van der Waals surface area contributed by atoms with Gasteiger partial charge < -0.3 is 10.4 Å². The maximum Gasteiger partial charge on any atom is 0.220 e. The Morgan fingerprint density at radius 1 is 1.26 bits per heavy atom. The summed E-state index contributed by atoms with van der Waals surface area (Å²) in [5.74, 6) is -0.0295. The highest BCUT2D eigenvalue weighted by Gasteiger charge is 2.09. The van der Waals surface area contributed by atoms with E-state index >= 15 is 0 Å². The second-order valence-corrected chi connectivity index (χ2v) is 5.14. The smallest absolute Gasteiger partial charge is 0.220 e. The van der Waals surface area contributed by atoms with Crippen molar-refractivity contribution in [3.8, 4) is 0 Å². The summed E-state index contributed by atoms with van der Waals surface area (Å²) in [6.07, 6.45) is 0.550. The highest BCUT2D eigenvalue weighted by atomic mass is 32.1. The molecule has 100 valence electrons. The molecule has 19 heavy (non-hydrogen) atoms. The Labute approximate surface area is 116 Å². The van der Waals surface area contributed by atoms with E-state index in [0.717, 1.165) is 17.5 Å². The van der Waals surface area contributed by atoms with Crippen molar-refractivity contribution in [2.75, 3.05) is 6.54 Å². The normalized spacial score (nSPS) is 12.1. The maximum absolute atomic E-state index is 11.7. The monoisotopic (exact) mass is 275 g/mol. The second kappa shape index (κ2) is 7.07. The van der Waals surface area contributed by atoms with Gasteiger partial charge in [-0.1, -0.05) is 30.3 Å². The van der Waals surface area contributed by atoms with Crippen molar-refractivity contribution in [3.63, 3.8) is 0 Å². The largest absolute Gasteiger partial charge is 0.387 e. The molecule has 0 saturated heterocycles. The molecular weight excluding hydrogens is 258 g/mol. The van der Waals surface area contributed by atoms with Gasteiger partial charge in [0.1, 0.15) is 0 Å². The SMILES string of the molecule is O=C(CCc1ccccc1)NC[C@@H](O)c1ccsc1. The molecule has 4 heteroatoms. The van der Waals surface area contributed by atoms with Crippen molar-refractivity contribution < 1.29 is 9.90 Å². The van der Waals surface area contributed by atoms with Crippen molar-refractivity contribution in [1.82, 2.24) is 5.32 Å². The first kappa shape index (κ1) is 13.8. The number of amides is 1. The van der Waals surface area contributed by atoms with Crippen LogP contribution in [0.3, 0.4) is 0 Å². The fourth-order valence-corrected chi connectivity index (χ4v) is 2.49. The van der Waals surface area contributed by atoms with E-state index < -0.39 is 6.10 Å². The van der Waals surface area contributed by atoms with Crippen LogP contribution in [-0.4, -0.2) is 17.6 Å². The van der Waals surface area contributed by atoms with Crippen LogP contribution in [0.25, 0.3) is 0 Å². The van der Waals surface area contributed by atoms with Gasteiger partial charge in [-0.2, -0.15) is 11.3 Å². The van der Waals surface area contributed by atoms with Gasteiger partial charge in [-0.15, -0.1) is 0 Å². The number of carbonyl (C=O) groups is 1. The number of aliphatic hydroxyl groups is 1. The molecule has 0 bridgehead atoms. The fourth-order valence-electron chi connectivity index (χ4n) is 1.78. The molecule has 0 aliphatic carbocycles. The number of rotatable bonds is 6. The number of hydrogen-bond acceptors (Lipinski definition) is 3. The summed E-state index contributed by atoms with van der Waals surface area (Å²) >= 11 is 1.54. The Kier molecular flexibility index (Phi) is 5.12. The van der Waals surface area contributed by atoms with Crippen LogP contribution in [0.1, 0.15) is 23.7 Å². The molecule has 3 nitrogen and oxygen atoms in total. The molecule has 1 aromatic heterocycles. The summed E-state index contributed by atoms with van der Waals surface area (Å²) in [7, 11) is 0. The number of hydrogen-bond donors (Lipinski definition) is 2. The minimum Gasteiger partial charge on any atom is -0.387 e. The number of thiophene rings is 1. The molecule has 2 N–H and O–H groups in total. The van der Waals surface area contributed by atoms with Crippen LogP contribution in [0.4, 0.5) is 0 Å². The molecule has 2 rings (SSSR count). The van der Waals surface area contributed by atoms with Gasteiger partial charge in [0, 0.05) is 13.0 Å². The van der Waals surface area contributed by atoms with Crippen LogP contribution in [0, 0.1) is 0 Å². The summed E-state index contributed by atoms with van der Waals surface area (Å²) in [5, 5.41) is 16.4. The van der Waals surface area contributed by atoms with Crippen molar-refractivity contribution in [1.29, 1.82) is 0 Å². The molecule has 1 amide bonds. The molecule has 0 aliphatic rings. The first-order chi connectivity index (χ1) is 9.25. The van der Waals surface area contributed by atoms with Crippen molar-refractivity contribution in [2.24, 2.45) is 0 Å². The molecule has 0 saturated carbocycles. The molecular formula is C15H17NO2S. The number of aryl methyl sites for hydroxylation is 1. The average molecular weight is 275 g/mol. The Balaban J connectivity index is 1.70. The maximum atomic E-state index is 11.7. The zero-order valence-electron chi connectivity index (χ0n) is 10.6. The van der Waals surface area contributed by atoms with E-state index in [2.05, 4.69) is 5.32 Å². The summed E-state index contributed by atoms with van der Waals surface area (Å²) in [6.45, 7) is 0.268. The van der Waals surface area contributed by atoms with Gasteiger partial charge in [-0.05, 0) is 34.4 Å². The lowest BCUT2D eigenvalue weighted by molar-refractivity contribution is -0.121. The number of benzene rings is 1. The summed E-state index contributed by atoms with van der Waals surface area (Å²) in [6, 6.07) is 11.8. The highest BCUT2D eigenvalue weighted by Crippen LogP contribution is 2.15. The van der Waals surface area contributed by atoms with Crippen LogP contribution in [-0.2, 0) is 11.2 Å². The zero-order valence-corrected chi connectivity index (χ0v) is 11.4. The molecule has 0 aliphatic heterocycles. The van der Waals surface area contributed by atoms with E-state index in [1.807, 2.05) is 47.2 Å². The van der Waals surface area contributed by atoms with Crippen LogP contribution >= 0.6 is 11.3 Å². The van der Waals surface area contributed by atoms with E-state index in [9.17, 15) is 9.90 Å². The predicted molar refractivity (Wildman–Crippen MR) is 77.1 cm³/mol. The first-order valence-corrected chi connectivity index (χ1v) is 7.21. The van der Waals surface area contributed by atoms with Crippen LogP contribution < -0.4 is 5.32 Å². The van der Waals surface area contributed by atoms with Gasteiger partial charge in [-0.25, -0.2) is 0 Å². The van der Waals surface area contributed by atoms with Crippen LogP contribution in [0.5, 0.6) is 0 Å². The van der Waals surface area contributed by atoms with E-state index in [4.69, 9.17) is 0 Å². The fraction of sp³-hybridized carbons (Fsp3) is 0.267. The van der Waals surface area contributed by atoms with E-state index in [1.165, 1.54) is 11.3 Å². The quantitative estimate of drug-likeness (QED) is 0.851. The Morgan fingerprint density at radius 3 is 2.74 bits per heavy atom. The zero-order chi connectivity index (χ0) is 13.5. The lowest BCUT2D eigenvalue weighted by Crippen LogP contribution is -2.28. The number of carbonyl (C=O) groups excluding carboxylic acids is 1. The van der Waals surface area contributed by atoms with E-state index in [0.29, 0.717) is 6.42 Å². The standard InChI is InChI=1S/C15H17NO2S/c17-14(13-8-9-19-11-13)10-16-15(18)7-6-12-4-2-1-3-5-12/h1-5,8-9,11,14,17H,6-7,10H2,(H,16,18)/t14-/m1/s1. The molecule has 0 spiro atoms. The third kappa shape index (κ3) is 4.50. The van der Waals surface area contributed by atoms with Crippen molar-refractivity contribution in [2.45, 2.75) is 18.9 Å². The highest BCUT2D eigenvalue weighted by molar-refractivity contribution is 7.07. The topological polar surface area (TPSA) is 49.3 Å². The Morgan fingerprint density at radius 2 is 2.05 bits per heavy atom. The van der Waals surface area contributed by atoms with Crippen molar-refractivity contribution >= 4 is 17.2 Å². The minimum absolute atomic E-state index is 0.0295. The van der Waals surface area contributed by atoms with Crippen LogP contribution in [0.15, 0.2) is 47.2 Å². The predicted octanol–water partition coefficient (Wildman–Crippen LogP) is 2.53. The Hall–Kier alpha value is -1.65. The third-order valence-electron chi connectivity index (χ3n) is 2.90. The molecule has 0 radical (unpaired) electrons. The lowest BCUT2D eigenvalue weighted by Gasteiger charge is -2.10. The van der Waals surface area contributed by atoms with Crippen molar-refractivity contribution in [3.05, 3.63) is 58.3 Å². The molecule has 0 unspecified atom stereocenters. The number of aliphatic hydroxyl groups excluding tert-OH is 1. The summed E-state index contributed by atoms with van der Waals surface area (Å²) < 4.78 is 0. The van der Waals surface area contributed by atoms with Gasteiger partial charge in [-0.3, -0.25) is 4.79 Å². The number of nitrogens with one attached hydrogen (secondary N) is 1. The molecule has 2 aromatic rings. The first-order valence-electron chi connectivity index (χ1n) is 6.26. The van der Waals surface area contributed by atoms with E-state index in [-0.39, 0.29) is 12.5 Å².